The average molecular weight is 280 g/mol. The van der Waals surface area contributed by atoms with Crippen LogP contribution in [0.3, 0.4) is 0 Å². The molecule has 2 N–H and O–H groups in total. The van der Waals surface area contributed by atoms with Gasteiger partial charge in [-0.3, -0.25) is 9.80 Å². The fraction of sp³-hybridized carbons (Fsp3) is 0.500. The maximum atomic E-state index is 10.1. The van der Waals surface area contributed by atoms with Gasteiger partial charge in [0, 0.05) is 39.3 Å². The molecule has 0 amide bonds. The van der Waals surface area contributed by atoms with Crippen molar-refractivity contribution in [3.8, 4) is 0 Å². The van der Waals surface area contributed by atoms with Crippen LogP contribution in [-0.4, -0.2) is 71.5 Å². The monoisotopic (exact) mass is 280 g/mol. The molecule has 0 aromatic rings. The van der Waals surface area contributed by atoms with Crippen LogP contribution in [0.25, 0.3) is 0 Å². The Morgan fingerprint density at radius 2 is 0.900 bits per heavy atom. The Balaban J connectivity index is 4.37. The Hall–Kier alpha value is -1.20. The van der Waals surface area contributed by atoms with Gasteiger partial charge in [-0.15, -0.1) is 26.3 Å². The van der Waals surface area contributed by atoms with E-state index in [-0.39, 0.29) is 0 Å². The normalized spacial score (nSPS) is 14.0. The van der Waals surface area contributed by atoms with Crippen molar-refractivity contribution in [3.63, 3.8) is 0 Å². The Kier molecular flexibility index (Phi) is 10.9. The largest absolute Gasteiger partial charge is 0.389 e. The lowest BCUT2D eigenvalue weighted by Crippen LogP contribution is -2.45. The SMILES string of the molecule is C=CCN(CC=C)CC(O)C(O)CN(CC=C)CC=C. The van der Waals surface area contributed by atoms with Crippen LogP contribution in [0.15, 0.2) is 50.6 Å². The molecule has 0 saturated heterocycles. The second-order valence-corrected chi connectivity index (χ2v) is 4.73. The van der Waals surface area contributed by atoms with E-state index in [4.69, 9.17) is 0 Å². The lowest BCUT2D eigenvalue weighted by atomic mass is 10.1. The third-order valence-corrected chi connectivity index (χ3v) is 2.88. The van der Waals surface area contributed by atoms with Crippen LogP contribution in [0.1, 0.15) is 0 Å². The molecular formula is C16H28N2O2. The molecule has 0 radical (unpaired) electrons. The van der Waals surface area contributed by atoms with Crippen molar-refractivity contribution in [1.82, 2.24) is 9.80 Å². The maximum Gasteiger partial charge on any atom is 0.0938 e. The first-order chi connectivity index (χ1) is 9.58. The molecule has 0 saturated carbocycles. The molecule has 0 aliphatic heterocycles. The van der Waals surface area contributed by atoms with Gasteiger partial charge in [0.15, 0.2) is 0 Å². The molecule has 0 aromatic heterocycles. The summed E-state index contributed by atoms with van der Waals surface area (Å²) >= 11 is 0. The highest BCUT2D eigenvalue weighted by Crippen LogP contribution is 2.02. The highest BCUT2D eigenvalue weighted by molar-refractivity contribution is 4.86. The highest BCUT2D eigenvalue weighted by Gasteiger charge is 2.20. The number of hydrogen-bond donors (Lipinski definition) is 2. The van der Waals surface area contributed by atoms with Crippen LogP contribution in [0.2, 0.25) is 0 Å². The Morgan fingerprint density at radius 3 is 1.10 bits per heavy atom. The molecule has 2 atom stereocenters. The summed E-state index contributed by atoms with van der Waals surface area (Å²) in [5.74, 6) is 0. The molecule has 0 rings (SSSR count). The van der Waals surface area contributed by atoms with E-state index in [9.17, 15) is 10.2 Å². The van der Waals surface area contributed by atoms with Crippen LogP contribution in [0.4, 0.5) is 0 Å². The van der Waals surface area contributed by atoms with Crippen molar-refractivity contribution in [2.75, 3.05) is 39.3 Å². The Bertz CT molecular complexity index is 255. The van der Waals surface area contributed by atoms with E-state index in [0.717, 1.165) is 0 Å². The lowest BCUT2D eigenvalue weighted by Gasteiger charge is -2.28. The fourth-order valence-corrected chi connectivity index (χ4v) is 1.95. The summed E-state index contributed by atoms with van der Waals surface area (Å²) in [6.07, 6.45) is 5.45. The van der Waals surface area contributed by atoms with E-state index >= 15 is 0 Å². The fourth-order valence-electron chi connectivity index (χ4n) is 1.95. The summed E-state index contributed by atoms with van der Waals surface area (Å²) in [4.78, 5) is 3.94. The summed E-state index contributed by atoms with van der Waals surface area (Å²) in [6, 6.07) is 0. The van der Waals surface area contributed by atoms with Gasteiger partial charge >= 0.3 is 0 Å². The van der Waals surface area contributed by atoms with Gasteiger partial charge in [-0.05, 0) is 0 Å². The zero-order valence-corrected chi connectivity index (χ0v) is 12.3. The summed E-state index contributed by atoms with van der Waals surface area (Å²) in [5, 5.41) is 20.2. The van der Waals surface area contributed by atoms with Crippen molar-refractivity contribution in [2.24, 2.45) is 0 Å². The lowest BCUT2D eigenvalue weighted by molar-refractivity contribution is -0.0137. The molecule has 0 aromatic carbocycles. The summed E-state index contributed by atoms with van der Waals surface area (Å²) in [7, 11) is 0. The molecule has 0 heterocycles. The molecular weight excluding hydrogens is 252 g/mol. The average Bonchev–Trinajstić information content (AvgIpc) is 2.39. The third kappa shape index (κ3) is 8.07. The van der Waals surface area contributed by atoms with Crippen LogP contribution >= 0.6 is 0 Å². The zero-order valence-electron chi connectivity index (χ0n) is 12.3. The van der Waals surface area contributed by atoms with Crippen LogP contribution in [0.5, 0.6) is 0 Å². The second-order valence-electron chi connectivity index (χ2n) is 4.73. The summed E-state index contributed by atoms with van der Waals surface area (Å²) < 4.78 is 0. The maximum absolute atomic E-state index is 10.1. The number of nitrogens with zero attached hydrogens (tertiary/aromatic N) is 2. The van der Waals surface area contributed by atoms with Gasteiger partial charge in [-0.25, -0.2) is 0 Å². The Morgan fingerprint density at radius 1 is 0.650 bits per heavy atom. The Labute approximate surface area is 123 Å². The predicted octanol–water partition coefficient (Wildman–Crippen LogP) is 1.06. The zero-order chi connectivity index (χ0) is 15.4. The quantitative estimate of drug-likeness (QED) is 0.495. The molecule has 2 unspecified atom stereocenters. The smallest absolute Gasteiger partial charge is 0.0938 e. The second kappa shape index (κ2) is 11.6. The number of rotatable bonds is 13. The van der Waals surface area contributed by atoms with Crippen molar-refractivity contribution in [3.05, 3.63) is 50.6 Å². The molecule has 114 valence electrons. The minimum absolute atomic E-state index is 0.384. The third-order valence-electron chi connectivity index (χ3n) is 2.88. The van der Waals surface area contributed by atoms with Crippen molar-refractivity contribution < 1.29 is 10.2 Å². The van der Waals surface area contributed by atoms with Crippen molar-refractivity contribution >= 4 is 0 Å². The predicted molar refractivity (Wildman–Crippen MR) is 85.7 cm³/mol. The number of hydrogen-bond acceptors (Lipinski definition) is 4. The number of aliphatic hydroxyl groups excluding tert-OH is 2. The minimum Gasteiger partial charge on any atom is -0.389 e. The van der Waals surface area contributed by atoms with E-state index < -0.39 is 12.2 Å². The van der Waals surface area contributed by atoms with Crippen LogP contribution in [0, 0.1) is 0 Å². The molecule has 0 spiro atoms. The van der Waals surface area contributed by atoms with Crippen molar-refractivity contribution in [2.45, 2.75) is 12.2 Å². The molecule has 0 aliphatic carbocycles. The standard InChI is InChI=1S/C16H28N2O2/c1-5-9-17(10-6-2)13-15(19)16(20)14-18(11-7-3)12-8-4/h5-8,15-16,19-20H,1-4,9-14H2. The van der Waals surface area contributed by atoms with E-state index in [1.54, 1.807) is 24.3 Å². The van der Waals surface area contributed by atoms with Crippen LogP contribution < -0.4 is 0 Å². The molecule has 0 bridgehead atoms. The first-order valence-corrected chi connectivity index (χ1v) is 6.83. The van der Waals surface area contributed by atoms with E-state index in [2.05, 4.69) is 26.3 Å². The highest BCUT2D eigenvalue weighted by atomic mass is 16.3. The molecule has 0 fully saturated rings. The van der Waals surface area contributed by atoms with Crippen molar-refractivity contribution in [1.29, 1.82) is 0 Å². The first kappa shape index (κ1) is 18.8. The van der Waals surface area contributed by atoms with Gasteiger partial charge in [0.1, 0.15) is 0 Å². The van der Waals surface area contributed by atoms with E-state index in [1.807, 2.05) is 9.80 Å². The first-order valence-electron chi connectivity index (χ1n) is 6.83. The molecule has 20 heavy (non-hydrogen) atoms. The van der Waals surface area contributed by atoms with Gasteiger partial charge in [-0.2, -0.15) is 0 Å². The summed E-state index contributed by atoms with van der Waals surface area (Å²) in [6.45, 7) is 18.1. The molecule has 0 aliphatic rings. The molecule has 4 nitrogen and oxygen atoms in total. The van der Waals surface area contributed by atoms with Gasteiger partial charge in [-0.1, -0.05) is 24.3 Å². The minimum atomic E-state index is -0.813. The number of aliphatic hydroxyl groups is 2. The molecule has 4 heteroatoms. The van der Waals surface area contributed by atoms with E-state index in [0.29, 0.717) is 39.3 Å². The van der Waals surface area contributed by atoms with Gasteiger partial charge in [0.05, 0.1) is 12.2 Å². The topological polar surface area (TPSA) is 46.9 Å². The van der Waals surface area contributed by atoms with Gasteiger partial charge in [0.2, 0.25) is 0 Å². The van der Waals surface area contributed by atoms with Gasteiger partial charge in [0.25, 0.3) is 0 Å². The van der Waals surface area contributed by atoms with Crippen LogP contribution in [-0.2, 0) is 0 Å². The van der Waals surface area contributed by atoms with E-state index in [1.165, 1.54) is 0 Å². The summed E-state index contributed by atoms with van der Waals surface area (Å²) in [5.41, 5.74) is 0. The van der Waals surface area contributed by atoms with Gasteiger partial charge < -0.3 is 10.2 Å².